The number of amides is 3. The smallest absolute Gasteiger partial charge is 0.410 e. The first-order valence-corrected chi connectivity index (χ1v) is 12.1. The van der Waals surface area contributed by atoms with Crippen molar-refractivity contribution in [2.45, 2.75) is 84.3 Å². The number of ether oxygens (including phenoxy) is 2. The molecule has 0 radical (unpaired) electrons. The number of hydrogen-bond donors (Lipinski definition) is 1. The second-order valence-corrected chi connectivity index (χ2v) is 10.3. The van der Waals surface area contributed by atoms with Crippen molar-refractivity contribution < 1.29 is 28.7 Å². The summed E-state index contributed by atoms with van der Waals surface area (Å²) in [6, 6.07) is -0.303. The van der Waals surface area contributed by atoms with Crippen LogP contribution in [0.1, 0.15) is 72.6 Å². The van der Waals surface area contributed by atoms with Crippen molar-refractivity contribution in [2.24, 2.45) is 11.8 Å². The molecule has 2 aliphatic rings. The van der Waals surface area contributed by atoms with Gasteiger partial charge in [-0.1, -0.05) is 0 Å². The van der Waals surface area contributed by atoms with Crippen LogP contribution in [-0.4, -0.2) is 78.6 Å². The lowest BCUT2D eigenvalue weighted by molar-refractivity contribution is -0.141. The minimum atomic E-state index is -0.497. The Hall–Kier alpha value is -2.32. The summed E-state index contributed by atoms with van der Waals surface area (Å²) >= 11 is 0. The van der Waals surface area contributed by atoms with Crippen molar-refractivity contribution in [3.8, 4) is 0 Å². The molecule has 9 heteroatoms. The molecule has 2 aliphatic heterocycles. The van der Waals surface area contributed by atoms with Gasteiger partial charge in [0.1, 0.15) is 5.60 Å². The van der Waals surface area contributed by atoms with Crippen molar-refractivity contribution in [3.63, 3.8) is 0 Å². The fraction of sp³-hybridized carbons (Fsp3) is 0.833. The minimum Gasteiger partial charge on any atom is -0.469 e. The molecule has 2 heterocycles. The Morgan fingerprint density at radius 3 is 2.30 bits per heavy atom. The van der Waals surface area contributed by atoms with Crippen molar-refractivity contribution in [1.29, 1.82) is 0 Å². The maximum Gasteiger partial charge on any atom is 0.410 e. The van der Waals surface area contributed by atoms with E-state index in [1.807, 2.05) is 20.8 Å². The van der Waals surface area contributed by atoms with Crippen molar-refractivity contribution in [3.05, 3.63) is 0 Å². The third-order valence-electron chi connectivity index (χ3n) is 6.27. The molecule has 0 aromatic rings. The molecule has 0 aliphatic carbocycles. The molecule has 0 bridgehead atoms. The maximum absolute atomic E-state index is 12.8. The molecule has 0 unspecified atom stereocenters. The zero-order valence-corrected chi connectivity index (χ0v) is 20.9. The van der Waals surface area contributed by atoms with E-state index in [0.29, 0.717) is 38.5 Å². The molecular weight excluding hydrogens is 426 g/mol. The van der Waals surface area contributed by atoms with Crippen LogP contribution in [0.4, 0.5) is 4.79 Å². The van der Waals surface area contributed by atoms with E-state index in [-0.39, 0.29) is 42.3 Å². The summed E-state index contributed by atoms with van der Waals surface area (Å²) in [7, 11) is 1.33. The Morgan fingerprint density at radius 2 is 1.70 bits per heavy atom. The number of carbonyl (C=O) groups is 4. The van der Waals surface area contributed by atoms with Gasteiger partial charge in [-0.2, -0.15) is 0 Å². The lowest BCUT2D eigenvalue weighted by atomic mass is 9.91. The number of esters is 1. The molecule has 0 spiro atoms. The predicted octanol–water partition coefficient (Wildman–Crippen LogP) is 2.72. The number of methoxy groups -OCH3 is 1. The van der Waals surface area contributed by atoms with Gasteiger partial charge in [-0.25, -0.2) is 4.79 Å². The minimum absolute atomic E-state index is 0.0877. The van der Waals surface area contributed by atoms with Crippen LogP contribution in [0.15, 0.2) is 0 Å². The van der Waals surface area contributed by atoms with Gasteiger partial charge in [0.05, 0.1) is 19.4 Å². The first-order valence-electron chi connectivity index (χ1n) is 12.1. The predicted molar refractivity (Wildman–Crippen MR) is 123 cm³/mol. The summed E-state index contributed by atoms with van der Waals surface area (Å²) in [5.74, 6) is -0.223. The summed E-state index contributed by atoms with van der Waals surface area (Å²) < 4.78 is 10.1. The highest BCUT2D eigenvalue weighted by molar-refractivity contribution is 5.82. The van der Waals surface area contributed by atoms with Crippen molar-refractivity contribution in [1.82, 2.24) is 15.1 Å². The SMILES string of the molecule is COC(=O)C[C@@H](C)NC(=O)[C@@H]1CCCN(C(=O)CCC2CCN(C(=O)OC(C)(C)C)CC2)C1. The van der Waals surface area contributed by atoms with Gasteiger partial charge in [0.15, 0.2) is 0 Å². The summed E-state index contributed by atoms with van der Waals surface area (Å²) in [5.41, 5.74) is -0.497. The van der Waals surface area contributed by atoms with Gasteiger partial charge in [-0.15, -0.1) is 0 Å². The first kappa shape index (κ1) is 26.9. The number of carbonyl (C=O) groups excluding carboxylic acids is 4. The monoisotopic (exact) mass is 467 g/mol. The lowest BCUT2D eigenvalue weighted by Crippen LogP contribution is -2.47. The Balaban J connectivity index is 1.72. The molecule has 2 fully saturated rings. The third-order valence-corrected chi connectivity index (χ3v) is 6.27. The number of hydrogen-bond acceptors (Lipinski definition) is 6. The van der Waals surface area contributed by atoms with Crippen molar-refractivity contribution >= 4 is 23.9 Å². The molecule has 2 rings (SSSR count). The van der Waals surface area contributed by atoms with E-state index in [2.05, 4.69) is 10.1 Å². The molecule has 1 N–H and O–H groups in total. The van der Waals surface area contributed by atoms with Crippen LogP contribution in [-0.2, 0) is 23.9 Å². The Morgan fingerprint density at radius 1 is 1.03 bits per heavy atom. The highest BCUT2D eigenvalue weighted by Gasteiger charge is 2.31. The van der Waals surface area contributed by atoms with Gasteiger partial charge in [-0.3, -0.25) is 14.4 Å². The number of piperidine rings is 2. The van der Waals surface area contributed by atoms with Crippen molar-refractivity contribution in [2.75, 3.05) is 33.3 Å². The average Bonchev–Trinajstić information content (AvgIpc) is 2.76. The van der Waals surface area contributed by atoms with Gasteiger partial charge in [0, 0.05) is 38.6 Å². The Bertz CT molecular complexity index is 697. The zero-order valence-electron chi connectivity index (χ0n) is 20.9. The fourth-order valence-electron chi connectivity index (χ4n) is 4.38. The molecule has 9 nitrogen and oxygen atoms in total. The number of likely N-dealkylation sites (tertiary alicyclic amines) is 2. The number of rotatable bonds is 7. The fourth-order valence-corrected chi connectivity index (χ4v) is 4.38. The van der Waals surface area contributed by atoms with E-state index in [1.165, 1.54) is 7.11 Å². The maximum atomic E-state index is 12.8. The molecular formula is C24H41N3O6. The quantitative estimate of drug-likeness (QED) is 0.577. The molecule has 2 saturated heterocycles. The van der Waals surface area contributed by atoms with Gasteiger partial charge < -0.3 is 24.6 Å². The van der Waals surface area contributed by atoms with E-state index in [9.17, 15) is 19.2 Å². The second-order valence-electron chi connectivity index (χ2n) is 10.3. The van der Waals surface area contributed by atoms with E-state index in [0.717, 1.165) is 32.1 Å². The van der Waals surface area contributed by atoms with E-state index in [4.69, 9.17) is 4.74 Å². The number of nitrogens with zero attached hydrogens (tertiary/aromatic N) is 2. The first-order chi connectivity index (χ1) is 15.5. The summed E-state index contributed by atoms with van der Waals surface area (Å²) in [5, 5.41) is 2.87. The highest BCUT2D eigenvalue weighted by Crippen LogP contribution is 2.25. The molecule has 0 aromatic carbocycles. The van der Waals surface area contributed by atoms with Crippen LogP contribution >= 0.6 is 0 Å². The zero-order chi connectivity index (χ0) is 24.6. The van der Waals surface area contributed by atoms with E-state index in [1.54, 1.807) is 16.7 Å². The van der Waals surface area contributed by atoms with Gasteiger partial charge in [0.2, 0.25) is 11.8 Å². The van der Waals surface area contributed by atoms with E-state index >= 15 is 0 Å². The van der Waals surface area contributed by atoms with Crippen LogP contribution in [0.3, 0.4) is 0 Å². The molecule has 0 saturated carbocycles. The second kappa shape index (κ2) is 12.2. The van der Waals surface area contributed by atoms with Gasteiger partial charge in [0.25, 0.3) is 0 Å². The molecule has 2 atom stereocenters. The number of nitrogens with one attached hydrogen (secondary N) is 1. The lowest BCUT2D eigenvalue weighted by Gasteiger charge is -2.35. The summed E-state index contributed by atoms with van der Waals surface area (Å²) in [6.45, 7) is 9.77. The van der Waals surface area contributed by atoms with Gasteiger partial charge >= 0.3 is 12.1 Å². The summed E-state index contributed by atoms with van der Waals surface area (Å²) in [6.07, 6.45) is 4.40. The van der Waals surface area contributed by atoms with E-state index < -0.39 is 5.60 Å². The molecule has 3 amide bonds. The van der Waals surface area contributed by atoms with Crippen LogP contribution < -0.4 is 5.32 Å². The van der Waals surface area contributed by atoms with Crippen LogP contribution in [0.2, 0.25) is 0 Å². The largest absolute Gasteiger partial charge is 0.469 e. The van der Waals surface area contributed by atoms with Crippen LogP contribution in [0.5, 0.6) is 0 Å². The normalized spacial score (nSPS) is 20.7. The molecule has 188 valence electrons. The average molecular weight is 468 g/mol. The van der Waals surface area contributed by atoms with Crippen LogP contribution in [0, 0.1) is 11.8 Å². The summed E-state index contributed by atoms with van der Waals surface area (Å²) in [4.78, 5) is 52.5. The topological polar surface area (TPSA) is 105 Å². The Labute approximate surface area is 197 Å². The third kappa shape index (κ3) is 9.21. The van der Waals surface area contributed by atoms with Gasteiger partial charge in [-0.05, 0) is 65.7 Å². The standard InChI is InChI=1S/C24H41N3O6/c1-17(15-21(29)32-5)25-22(30)19-7-6-12-27(16-19)20(28)9-8-18-10-13-26(14-11-18)23(31)33-24(2,3)4/h17-19H,6-16H2,1-5H3,(H,25,30)/t17-,19-/m1/s1. The van der Waals surface area contributed by atoms with Crippen LogP contribution in [0.25, 0.3) is 0 Å². The highest BCUT2D eigenvalue weighted by atomic mass is 16.6. The Kier molecular flexibility index (Phi) is 9.98. The molecule has 33 heavy (non-hydrogen) atoms. The molecule has 0 aromatic heterocycles.